The summed E-state index contributed by atoms with van der Waals surface area (Å²) < 4.78 is 2.01. The summed E-state index contributed by atoms with van der Waals surface area (Å²) in [6, 6.07) is 0.372. The van der Waals surface area contributed by atoms with Crippen molar-refractivity contribution < 1.29 is 5.21 Å². The van der Waals surface area contributed by atoms with Gasteiger partial charge in [0.25, 0.3) is 0 Å². The number of oxime groups is 1. The lowest BCUT2D eigenvalue weighted by Gasteiger charge is -2.16. The second-order valence-corrected chi connectivity index (χ2v) is 3.94. The van der Waals surface area contributed by atoms with Crippen LogP contribution in [-0.2, 0) is 6.42 Å². The minimum Gasteiger partial charge on any atom is -0.411 e. The third kappa shape index (κ3) is 1.31. The molecular weight excluding hydrogens is 178 g/mol. The van der Waals surface area contributed by atoms with Crippen LogP contribution in [0.15, 0.2) is 11.4 Å². The van der Waals surface area contributed by atoms with E-state index in [1.165, 1.54) is 5.69 Å². The van der Waals surface area contributed by atoms with Gasteiger partial charge in [0.05, 0.1) is 11.9 Å². The van der Waals surface area contributed by atoms with E-state index in [0.717, 1.165) is 30.5 Å². The highest BCUT2D eigenvalue weighted by molar-refractivity contribution is 6.01. The Kier molecular flexibility index (Phi) is 2.27. The summed E-state index contributed by atoms with van der Waals surface area (Å²) >= 11 is 0. The van der Waals surface area contributed by atoms with Crippen molar-refractivity contribution in [3.63, 3.8) is 0 Å². The molecule has 0 unspecified atom stereocenters. The summed E-state index contributed by atoms with van der Waals surface area (Å²) in [5.74, 6) is 0. The van der Waals surface area contributed by atoms with Crippen LogP contribution in [0.4, 0.5) is 0 Å². The Bertz CT molecular complexity index is 365. The molecule has 0 saturated heterocycles. The van der Waals surface area contributed by atoms with E-state index in [0.29, 0.717) is 6.04 Å². The predicted molar refractivity (Wildman–Crippen MR) is 53.9 cm³/mol. The number of hydrogen-bond donors (Lipinski definition) is 1. The molecule has 14 heavy (non-hydrogen) atoms. The molecule has 0 saturated carbocycles. The van der Waals surface area contributed by atoms with Crippen molar-refractivity contribution in [3.8, 4) is 0 Å². The molecular formula is C10H15N3O. The lowest BCUT2D eigenvalue weighted by molar-refractivity contribution is 0.317. The zero-order valence-electron chi connectivity index (χ0n) is 8.56. The molecule has 0 bridgehead atoms. The largest absolute Gasteiger partial charge is 0.411 e. The molecule has 4 nitrogen and oxygen atoms in total. The molecule has 4 heteroatoms. The van der Waals surface area contributed by atoms with Crippen LogP contribution in [-0.4, -0.2) is 20.7 Å². The van der Waals surface area contributed by atoms with E-state index in [1.54, 1.807) is 0 Å². The van der Waals surface area contributed by atoms with Crippen molar-refractivity contribution in [1.82, 2.24) is 9.78 Å². The van der Waals surface area contributed by atoms with Gasteiger partial charge in [-0.05, 0) is 33.1 Å². The highest BCUT2D eigenvalue weighted by atomic mass is 16.4. The number of hydrogen-bond acceptors (Lipinski definition) is 3. The summed E-state index contributed by atoms with van der Waals surface area (Å²) in [6.45, 7) is 4.22. The van der Waals surface area contributed by atoms with Crippen molar-refractivity contribution in [2.45, 2.75) is 39.2 Å². The van der Waals surface area contributed by atoms with Gasteiger partial charge >= 0.3 is 0 Å². The van der Waals surface area contributed by atoms with Gasteiger partial charge in [0, 0.05) is 17.3 Å². The van der Waals surface area contributed by atoms with Gasteiger partial charge in [0.1, 0.15) is 0 Å². The van der Waals surface area contributed by atoms with Crippen LogP contribution in [0.2, 0.25) is 0 Å². The van der Waals surface area contributed by atoms with Crippen molar-refractivity contribution in [2.24, 2.45) is 5.16 Å². The van der Waals surface area contributed by atoms with E-state index >= 15 is 0 Å². The Hall–Kier alpha value is -1.32. The molecule has 1 aliphatic carbocycles. The fourth-order valence-corrected chi connectivity index (χ4v) is 1.98. The highest BCUT2D eigenvalue weighted by Gasteiger charge is 2.21. The Balaban J connectivity index is 2.48. The molecule has 1 aromatic heterocycles. The van der Waals surface area contributed by atoms with E-state index in [-0.39, 0.29) is 0 Å². The molecule has 2 rings (SSSR count). The number of rotatable bonds is 1. The van der Waals surface area contributed by atoms with E-state index in [4.69, 9.17) is 5.21 Å². The highest BCUT2D eigenvalue weighted by Crippen LogP contribution is 2.23. The van der Waals surface area contributed by atoms with E-state index in [1.807, 2.05) is 10.9 Å². The molecule has 0 aromatic carbocycles. The van der Waals surface area contributed by atoms with Gasteiger partial charge in [0.2, 0.25) is 0 Å². The first kappa shape index (κ1) is 9.24. The molecule has 1 aliphatic rings. The average molecular weight is 193 g/mol. The van der Waals surface area contributed by atoms with Gasteiger partial charge in [-0.15, -0.1) is 0 Å². The molecule has 76 valence electrons. The lowest BCUT2D eigenvalue weighted by Crippen LogP contribution is -2.15. The Morgan fingerprint density at radius 2 is 2.29 bits per heavy atom. The maximum Gasteiger partial charge on any atom is 0.0902 e. The Morgan fingerprint density at radius 3 is 2.93 bits per heavy atom. The fraction of sp³-hybridized carbons (Fsp3) is 0.600. The molecule has 0 atom stereocenters. The van der Waals surface area contributed by atoms with Gasteiger partial charge in [0.15, 0.2) is 0 Å². The Labute approximate surface area is 83.2 Å². The smallest absolute Gasteiger partial charge is 0.0902 e. The van der Waals surface area contributed by atoms with Crippen molar-refractivity contribution >= 4 is 5.71 Å². The molecule has 1 N–H and O–H groups in total. The average Bonchev–Trinajstić information content (AvgIpc) is 2.60. The normalized spacial score (nSPS) is 18.9. The third-order valence-corrected chi connectivity index (χ3v) is 2.65. The zero-order valence-corrected chi connectivity index (χ0v) is 8.56. The van der Waals surface area contributed by atoms with Gasteiger partial charge < -0.3 is 5.21 Å². The second-order valence-electron chi connectivity index (χ2n) is 3.94. The van der Waals surface area contributed by atoms with Crippen molar-refractivity contribution in [1.29, 1.82) is 0 Å². The first-order valence-electron chi connectivity index (χ1n) is 5.01. The van der Waals surface area contributed by atoms with Crippen LogP contribution in [0.1, 0.15) is 44.0 Å². The lowest BCUT2D eigenvalue weighted by atomic mass is 9.96. The molecule has 0 aliphatic heterocycles. The molecule has 1 aromatic rings. The van der Waals surface area contributed by atoms with Crippen LogP contribution >= 0.6 is 0 Å². The van der Waals surface area contributed by atoms with E-state index in [9.17, 15) is 0 Å². The van der Waals surface area contributed by atoms with Crippen LogP contribution in [0.25, 0.3) is 0 Å². The van der Waals surface area contributed by atoms with Crippen molar-refractivity contribution in [2.75, 3.05) is 0 Å². The summed E-state index contributed by atoms with van der Waals surface area (Å²) in [5, 5.41) is 16.5. The van der Waals surface area contributed by atoms with Crippen LogP contribution < -0.4 is 0 Å². The summed E-state index contributed by atoms with van der Waals surface area (Å²) in [7, 11) is 0. The number of nitrogens with zero attached hydrogens (tertiary/aromatic N) is 3. The minimum atomic E-state index is 0.372. The van der Waals surface area contributed by atoms with Gasteiger partial charge in [-0.25, -0.2) is 0 Å². The van der Waals surface area contributed by atoms with Crippen molar-refractivity contribution in [3.05, 3.63) is 17.5 Å². The Morgan fingerprint density at radius 1 is 1.50 bits per heavy atom. The quantitative estimate of drug-likeness (QED) is 0.547. The summed E-state index contributed by atoms with van der Waals surface area (Å²) in [4.78, 5) is 0. The van der Waals surface area contributed by atoms with Gasteiger partial charge in [-0.2, -0.15) is 5.10 Å². The topological polar surface area (TPSA) is 50.4 Å². The maximum absolute atomic E-state index is 8.84. The molecule has 0 radical (unpaired) electrons. The molecule has 0 spiro atoms. The van der Waals surface area contributed by atoms with E-state index in [2.05, 4.69) is 24.1 Å². The third-order valence-electron chi connectivity index (χ3n) is 2.65. The molecule has 0 amide bonds. The first-order chi connectivity index (χ1) is 6.74. The predicted octanol–water partition coefficient (Wildman–Crippen LogP) is 1.98. The number of fused-ring (bicyclic) bond motifs is 1. The van der Waals surface area contributed by atoms with Crippen LogP contribution in [0, 0.1) is 0 Å². The summed E-state index contributed by atoms with van der Waals surface area (Å²) in [5.41, 5.74) is 3.00. The standard InChI is InChI=1S/C10H15N3O/c1-7(2)13-10-5-3-4-9(12-14)8(10)6-11-13/h6-7,14H,3-5H2,1-2H3/b12-9+. The summed E-state index contributed by atoms with van der Waals surface area (Å²) in [6.07, 6.45) is 4.74. The first-order valence-corrected chi connectivity index (χ1v) is 5.01. The molecule has 1 heterocycles. The van der Waals surface area contributed by atoms with Crippen LogP contribution in [0.3, 0.4) is 0 Å². The maximum atomic E-state index is 8.84. The second kappa shape index (κ2) is 3.44. The zero-order chi connectivity index (χ0) is 10.1. The van der Waals surface area contributed by atoms with Gasteiger partial charge in [-0.1, -0.05) is 5.16 Å². The van der Waals surface area contributed by atoms with Crippen LogP contribution in [0.5, 0.6) is 0 Å². The fourth-order valence-electron chi connectivity index (χ4n) is 1.98. The number of aromatic nitrogens is 2. The minimum absolute atomic E-state index is 0.372. The monoisotopic (exact) mass is 193 g/mol. The van der Waals surface area contributed by atoms with Gasteiger partial charge in [-0.3, -0.25) is 4.68 Å². The van der Waals surface area contributed by atoms with E-state index < -0.39 is 0 Å². The molecule has 0 fully saturated rings. The SMILES string of the molecule is CC(C)n1ncc2c1CCC/C2=N\O.